The summed E-state index contributed by atoms with van der Waals surface area (Å²) in [5.41, 5.74) is 0. The molecular weight excluding hydrogens is 156 g/mol. The maximum Gasteiger partial charge on any atom is 0.0398 e. The molecule has 0 saturated heterocycles. The molecule has 0 bridgehead atoms. The SMILES string of the molecule is CCCC[C]1CCCCC1Cl. The van der Waals surface area contributed by atoms with Gasteiger partial charge in [-0.25, -0.2) is 0 Å². The third-order valence-electron chi connectivity index (χ3n) is 2.50. The Hall–Kier alpha value is 0.290. The van der Waals surface area contributed by atoms with Crippen LogP contribution >= 0.6 is 11.6 Å². The number of alkyl halides is 1. The molecule has 1 aliphatic carbocycles. The Morgan fingerprint density at radius 3 is 2.91 bits per heavy atom. The molecule has 1 unspecified atom stereocenters. The van der Waals surface area contributed by atoms with Gasteiger partial charge in [-0.3, -0.25) is 0 Å². The van der Waals surface area contributed by atoms with Crippen molar-refractivity contribution >= 4 is 11.6 Å². The molecule has 0 aromatic rings. The highest BCUT2D eigenvalue weighted by Gasteiger charge is 2.22. The van der Waals surface area contributed by atoms with Gasteiger partial charge in [0.05, 0.1) is 0 Å². The molecule has 0 aromatic carbocycles. The Morgan fingerprint density at radius 1 is 1.45 bits per heavy atom. The van der Waals surface area contributed by atoms with Crippen LogP contribution in [0.1, 0.15) is 51.9 Å². The maximum absolute atomic E-state index is 6.18. The van der Waals surface area contributed by atoms with E-state index in [0.29, 0.717) is 5.38 Å². The lowest BCUT2D eigenvalue weighted by molar-refractivity contribution is 0.501. The molecule has 1 radical (unpaired) electrons. The molecule has 1 heteroatoms. The first kappa shape index (κ1) is 9.38. The summed E-state index contributed by atoms with van der Waals surface area (Å²) in [4.78, 5) is 0. The fourth-order valence-electron chi connectivity index (χ4n) is 1.72. The molecule has 1 aliphatic rings. The van der Waals surface area contributed by atoms with E-state index in [-0.39, 0.29) is 0 Å². The molecule has 1 rings (SSSR count). The highest BCUT2D eigenvalue weighted by molar-refractivity contribution is 6.22. The monoisotopic (exact) mass is 173 g/mol. The van der Waals surface area contributed by atoms with Crippen LogP contribution in [0.3, 0.4) is 0 Å². The fraction of sp³-hybridized carbons (Fsp3) is 0.900. The molecule has 0 amide bonds. The van der Waals surface area contributed by atoms with Gasteiger partial charge in [-0.2, -0.15) is 0 Å². The first-order valence-electron chi connectivity index (χ1n) is 4.83. The van der Waals surface area contributed by atoms with Crippen LogP contribution in [-0.4, -0.2) is 5.38 Å². The first-order chi connectivity index (χ1) is 5.34. The van der Waals surface area contributed by atoms with Gasteiger partial charge in [-0.1, -0.05) is 32.6 Å². The second kappa shape index (κ2) is 5.03. The summed E-state index contributed by atoms with van der Waals surface area (Å²) in [6.07, 6.45) is 9.15. The molecule has 0 aliphatic heterocycles. The van der Waals surface area contributed by atoms with Crippen LogP contribution in [0.15, 0.2) is 0 Å². The molecule has 0 spiro atoms. The maximum atomic E-state index is 6.18. The van der Waals surface area contributed by atoms with Gasteiger partial charge in [0.2, 0.25) is 0 Å². The zero-order valence-corrected chi connectivity index (χ0v) is 8.16. The molecule has 0 aromatic heterocycles. The third kappa shape index (κ3) is 3.02. The van der Waals surface area contributed by atoms with Crippen molar-refractivity contribution in [3.63, 3.8) is 0 Å². The lowest BCUT2D eigenvalue weighted by Crippen LogP contribution is -2.17. The zero-order chi connectivity index (χ0) is 8.10. The van der Waals surface area contributed by atoms with Crippen molar-refractivity contribution in [2.45, 2.75) is 57.2 Å². The van der Waals surface area contributed by atoms with Crippen molar-refractivity contribution in [2.75, 3.05) is 0 Å². The van der Waals surface area contributed by atoms with Crippen LogP contribution in [0.25, 0.3) is 0 Å². The van der Waals surface area contributed by atoms with Gasteiger partial charge < -0.3 is 0 Å². The van der Waals surface area contributed by atoms with E-state index in [4.69, 9.17) is 11.6 Å². The van der Waals surface area contributed by atoms with Gasteiger partial charge in [0, 0.05) is 5.38 Å². The smallest absolute Gasteiger partial charge is 0.0398 e. The van der Waals surface area contributed by atoms with E-state index in [0.717, 1.165) is 0 Å². The van der Waals surface area contributed by atoms with Gasteiger partial charge in [-0.15, -0.1) is 11.6 Å². The van der Waals surface area contributed by atoms with Crippen molar-refractivity contribution in [3.05, 3.63) is 5.92 Å². The number of unbranched alkanes of at least 4 members (excludes halogenated alkanes) is 1. The van der Waals surface area contributed by atoms with Crippen molar-refractivity contribution in [1.29, 1.82) is 0 Å². The van der Waals surface area contributed by atoms with Crippen molar-refractivity contribution in [2.24, 2.45) is 0 Å². The number of rotatable bonds is 3. The number of hydrogen-bond acceptors (Lipinski definition) is 0. The van der Waals surface area contributed by atoms with Crippen molar-refractivity contribution in [1.82, 2.24) is 0 Å². The molecule has 0 nitrogen and oxygen atoms in total. The molecule has 11 heavy (non-hydrogen) atoms. The van der Waals surface area contributed by atoms with Crippen LogP contribution in [0.4, 0.5) is 0 Å². The van der Waals surface area contributed by atoms with E-state index in [1.807, 2.05) is 0 Å². The molecule has 1 atom stereocenters. The summed E-state index contributed by atoms with van der Waals surface area (Å²) >= 11 is 6.18. The van der Waals surface area contributed by atoms with E-state index >= 15 is 0 Å². The minimum Gasteiger partial charge on any atom is -0.122 e. The molecule has 0 heterocycles. The van der Waals surface area contributed by atoms with E-state index in [2.05, 4.69) is 6.92 Å². The number of hydrogen-bond donors (Lipinski definition) is 0. The predicted molar refractivity (Wildman–Crippen MR) is 50.9 cm³/mol. The van der Waals surface area contributed by atoms with Gasteiger partial charge in [0.25, 0.3) is 0 Å². The highest BCUT2D eigenvalue weighted by Crippen LogP contribution is 2.33. The van der Waals surface area contributed by atoms with Gasteiger partial charge in [0.15, 0.2) is 0 Å². The zero-order valence-electron chi connectivity index (χ0n) is 7.41. The fourth-order valence-corrected chi connectivity index (χ4v) is 2.09. The quantitative estimate of drug-likeness (QED) is 0.568. The Labute approximate surface area is 75.3 Å². The van der Waals surface area contributed by atoms with Crippen LogP contribution < -0.4 is 0 Å². The normalized spacial score (nSPS) is 27.3. The minimum absolute atomic E-state index is 0.412. The van der Waals surface area contributed by atoms with Crippen LogP contribution in [-0.2, 0) is 0 Å². The van der Waals surface area contributed by atoms with Crippen molar-refractivity contribution < 1.29 is 0 Å². The summed E-state index contributed by atoms with van der Waals surface area (Å²) in [7, 11) is 0. The molecule has 0 N–H and O–H groups in total. The van der Waals surface area contributed by atoms with Crippen LogP contribution in [0, 0.1) is 5.92 Å². The first-order valence-corrected chi connectivity index (χ1v) is 5.27. The largest absolute Gasteiger partial charge is 0.122 e. The Morgan fingerprint density at radius 2 is 2.27 bits per heavy atom. The third-order valence-corrected chi connectivity index (χ3v) is 3.03. The van der Waals surface area contributed by atoms with Gasteiger partial charge in [-0.05, 0) is 25.2 Å². The standard InChI is InChI=1S/C10H18Cl/c1-2-3-6-9-7-4-5-8-10(9)11/h10H,2-8H2,1H3. The topological polar surface area (TPSA) is 0 Å². The number of halogens is 1. The Kier molecular flexibility index (Phi) is 4.29. The second-order valence-electron chi connectivity index (χ2n) is 3.48. The van der Waals surface area contributed by atoms with E-state index in [1.54, 1.807) is 5.92 Å². The molecule has 1 fully saturated rings. The second-order valence-corrected chi connectivity index (χ2v) is 4.00. The van der Waals surface area contributed by atoms with E-state index in [9.17, 15) is 0 Å². The summed E-state index contributed by atoms with van der Waals surface area (Å²) in [5, 5.41) is 0.412. The summed E-state index contributed by atoms with van der Waals surface area (Å²) in [5.74, 6) is 1.62. The summed E-state index contributed by atoms with van der Waals surface area (Å²) in [6.45, 7) is 2.24. The van der Waals surface area contributed by atoms with Gasteiger partial charge in [0.1, 0.15) is 0 Å². The van der Waals surface area contributed by atoms with E-state index < -0.39 is 0 Å². The van der Waals surface area contributed by atoms with Crippen LogP contribution in [0.5, 0.6) is 0 Å². The average molecular weight is 174 g/mol. The highest BCUT2D eigenvalue weighted by atomic mass is 35.5. The molecular formula is C10H18Cl. The Balaban J connectivity index is 2.18. The lowest BCUT2D eigenvalue weighted by atomic mass is 9.85. The Bertz CT molecular complexity index is 101. The van der Waals surface area contributed by atoms with Crippen molar-refractivity contribution in [3.8, 4) is 0 Å². The van der Waals surface area contributed by atoms with Gasteiger partial charge >= 0.3 is 0 Å². The lowest BCUT2D eigenvalue weighted by Gasteiger charge is -2.26. The van der Waals surface area contributed by atoms with Crippen LogP contribution in [0.2, 0.25) is 0 Å². The molecule has 65 valence electrons. The summed E-state index contributed by atoms with van der Waals surface area (Å²) < 4.78 is 0. The van der Waals surface area contributed by atoms with E-state index in [1.165, 1.54) is 44.9 Å². The minimum atomic E-state index is 0.412. The average Bonchev–Trinajstić information content (AvgIpc) is 2.03. The molecule has 1 saturated carbocycles. The summed E-state index contributed by atoms with van der Waals surface area (Å²) in [6, 6.07) is 0. The predicted octanol–water partition coefficient (Wildman–Crippen LogP) is 3.93.